The predicted molar refractivity (Wildman–Crippen MR) is 73.5 cm³/mol. The lowest BCUT2D eigenvalue weighted by Crippen LogP contribution is -1.93. The first-order valence-electron chi connectivity index (χ1n) is 5.02. The van der Waals surface area contributed by atoms with Gasteiger partial charge >= 0.3 is 0 Å². The molecule has 0 atom stereocenters. The van der Waals surface area contributed by atoms with Crippen LogP contribution in [0.5, 0.6) is 0 Å². The quantitative estimate of drug-likeness (QED) is 0.856. The van der Waals surface area contributed by atoms with Crippen molar-refractivity contribution in [2.24, 2.45) is 0 Å². The summed E-state index contributed by atoms with van der Waals surface area (Å²) in [6, 6.07) is 11.3. The van der Waals surface area contributed by atoms with Crippen LogP contribution in [0.4, 0.5) is 15.8 Å². The summed E-state index contributed by atoms with van der Waals surface area (Å²) in [4.78, 5) is 0. The number of benzene rings is 2. The minimum Gasteiger partial charge on any atom is -0.353 e. The third-order valence-electron chi connectivity index (χ3n) is 2.30. The fourth-order valence-electron chi connectivity index (χ4n) is 1.42. The van der Waals surface area contributed by atoms with Crippen molar-refractivity contribution in [2.75, 3.05) is 5.32 Å². The van der Waals surface area contributed by atoms with Crippen LogP contribution < -0.4 is 5.32 Å². The van der Waals surface area contributed by atoms with Crippen LogP contribution in [0.1, 0.15) is 5.56 Å². The van der Waals surface area contributed by atoms with Gasteiger partial charge in [0.15, 0.2) is 0 Å². The van der Waals surface area contributed by atoms with E-state index in [1.807, 2.05) is 6.07 Å². The van der Waals surface area contributed by atoms with Crippen molar-refractivity contribution in [2.45, 2.75) is 0 Å². The van der Waals surface area contributed by atoms with E-state index in [0.717, 1.165) is 10.2 Å². The normalized spacial score (nSPS) is 9.89. The third kappa shape index (κ3) is 2.81. The molecule has 0 unspecified atom stereocenters. The highest BCUT2D eigenvalue weighted by molar-refractivity contribution is 9.10. The van der Waals surface area contributed by atoms with Gasteiger partial charge in [0.2, 0.25) is 0 Å². The highest BCUT2D eigenvalue weighted by Gasteiger charge is 2.05. The van der Waals surface area contributed by atoms with Crippen molar-refractivity contribution < 1.29 is 4.39 Å². The van der Waals surface area contributed by atoms with Gasteiger partial charge in [0, 0.05) is 4.47 Å². The fourth-order valence-corrected chi connectivity index (χ4v) is 2.11. The maximum absolute atomic E-state index is 12.9. The molecule has 0 fully saturated rings. The van der Waals surface area contributed by atoms with Crippen LogP contribution in [0.3, 0.4) is 0 Å². The Balaban J connectivity index is 2.32. The van der Waals surface area contributed by atoms with Crippen molar-refractivity contribution in [3.63, 3.8) is 0 Å². The first-order chi connectivity index (χ1) is 8.60. The Kier molecular flexibility index (Phi) is 3.85. The van der Waals surface area contributed by atoms with Crippen LogP contribution in [-0.4, -0.2) is 0 Å². The van der Waals surface area contributed by atoms with Gasteiger partial charge < -0.3 is 5.32 Å². The van der Waals surface area contributed by atoms with Gasteiger partial charge in [-0.2, -0.15) is 5.26 Å². The smallest absolute Gasteiger partial charge is 0.124 e. The van der Waals surface area contributed by atoms with Crippen LogP contribution in [-0.2, 0) is 0 Å². The second-order valence-corrected chi connectivity index (χ2v) is 4.82. The molecule has 0 radical (unpaired) electrons. The Bertz CT molecular complexity index is 637. The average molecular weight is 326 g/mol. The van der Waals surface area contributed by atoms with Crippen LogP contribution in [0.2, 0.25) is 5.02 Å². The number of nitrogens with one attached hydrogen (secondary N) is 1. The summed E-state index contributed by atoms with van der Waals surface area (Å²) in [5.41, 5.74) is 1.91. The van der Waals surface area contributed by atoms with Gasteiger partial charge in [0.25, 0.3) is 0 Å². The van der Waals surface area contributed by atoms with Gasteiger partial charge in [-0.15, -0.1) is 0 Å². The summed E-state index contributed by atoms with van der Waals surface area (Å²) in [5, 5.41) is 12.1. The van der Waals surface area contributed by atoms with E-state index >= 15 is 0 Å². The van der Waals surface area contributed by atoms with E-state index in [1.54, 1.807) is 24.3 Å². The molecule has 0 spiro atoms. The first kappa shape index (κ1) is 12.9. The zero-order chi connectivity index (χ0) is 13.1. The zero-order valence-corrected chi connectivity index (χ0v) is 11.4. The van der Waals surface area contributed by atoms with Gasteiger partial charge in [-0.3, -0.25) is 0 Å². The SMILES string of the molecule is N#Cc1ccc(Nc2ccc(F)cc2Cl)c(Br)c1. The summed E-state index contributed by atoms with van der Waals surface area (Å²) < 4.78 is 13.6. The second-order valence-electron chi connectivity index (χ2n) is 3.56. The molecule has 0 saturated heterocycles. The van der Waals surface area contributed by atoms with E-state index < -0.39 is 0 Å². The molecule has 0 aliphatic carbocycles. The van der Waals surface area contributed by atoms with Crippen LogP contribution in [0.15, 0.2) is 40.9 Å². The standard InChI is InChI=1S/C13H7BrClFN2/c14-10-5-8(7-17)1-3-12(10)18-13-4-2-9(16)6-11(13)15/h1-6,18H. The summed E-state index contributed by atoms with van der Waals surface area (Å²) in [7, 11) is 0. The second kappa shape index (κ2) is 5.38. The number of halogens is 3. The van der Waals surface area contributed by atoms with E-state index in [2.05, 4.69) is 21.2 Å². The lowest BCUT2D eigenvalue weighted by atomic mass is 10.2. The maximum Gasteiger partial charge on any atom is 0.124 e. The zero-order valence-electron chi connectivity index (χ0n) is 9.05. The van der Waals surface area contributed by atoms with Crippen LogP contribution in [0.25, 0.3) is 0 Å². The molecule has 18 heavy (non-hydrogen) atoms. The van der Waals surface area contributed by atoms with Gasteiger partial charge in [-0.05, 0) is 52.3 Å². The van der Waals surface area contributed by atoms with E-state index in [1.165, 1.54) is 12.1 Å². The van der Waals surface area contributed by atoms with E-state index in [9.17, 15) is 4.39 Å². The fraction of sp³-hybridized carbons (Fsp3) is 0. The van der Waals surface area contributed by atoms with Crippen molar-refractivity contribution in [3.8, 4) is 6.07 Å². The molecular weight excluding hydrogens is 319 g/mol. The largest absolute Gasteiger partial charge is 0.353 e. The molecule has 5 heteroatoms. The lowest BCUT2D eigenvalue weighted by Gasteiger charge is -2.10. The van der Waals surface area contributed by atoms with Crippen molar-refractivity contribution >= 4 is 38.9 Å². The molecule has 0 aliphatic heterocycles. The number of rotatable bonds is 2. The Morgan fingerprint density at radius 3 is 2.50 bits per heavy atom. The first-order valence-corrected chi connectivity index (χ1v) is 6.19. The highest BCUT2D eigenvalue weighted by Crippen LogP contribution is 2.30. The summed E-state index contributed by atoms with van der Waals surface area (Å²) in [5.74, 6) is -0.385. The third-order valence-corrected chi connectivity index (χ3v) is 3.27. The number of nitrogens with zero attached hydrogens (tertiary/aromatic N) is 1. The Morgan fingerprint density at radius 2 is 1.89 bits per heavy atom. The number of hydrogen-bond donors (Lipinski definition) is 1. The molecule has 0 amide bonds. The molecular formula is C13H7BrClFN2. The van der Waals surface area contributed by atoms with Gasteiger partial charge in [-0.25, -0.2) is 4.39 Å². The molecule has 2 rings (SSSR count). The Morgan fingerprint density at radius 1 is 1.17 bits per heavy atom. The van der Waals surface area contributed by atoms with Gasteiger partial charge in [0.05, 0.1) is 28.0 Å². The minimum atomic E-state index is -0.385. The maximum atomic E-state index is 12.9. The van der Waals surface area contributed by atoms with Crippen molar-refractivity contribution in [1.29, 1.82) is 5.26 Å². The Labute approximate surface area is 117 Å². The van der Waals surface area contributed by atoms with E-state index in [-0.39, 0.29) is 5.82 Å². The van der Waals surface area contributed by atoms with Crippen molar-refractivity contribution in [1.82, 2.24) is 0 Å². The summed E-state index contributed by atoms with van der Waals surface area (Å²) in [6.45, 7) is 0. The molecule has 0 aliphatic rings. The molecule has 90 valence electrons. The number of anilines is 2. The molecule has 1 N–H and O–H groups in total. The van der Waals surface area contributed by atoms with Gasteiger partial charge in [0.1, 0.15) is 5.82 Å². The Hall–Kier alpha value is -1.57. The molecule has 0 aromatic heterocycles. The van der Waals surface area contributed by atoms with E-state index in [0.29, 0.717) is 16.3 Å². The highest BCUT2D eigenvalue weighted by atomic mass is 79.9. The topological polar surface area (TPSA) is 35.8 Å². The molecule has 2 nitrogen and oxygen atoms in total. The molecule has 2 aromatic rings. The molecule has 0 heterocycles. The number of hydrogen-bond acceptors (Lipinski definition) is 2. The minimum absolute atomic E-state index is 0.297. The van der Waals surface area contributed by atoms with Crippen molar-refractivity contribution in [3.05, 3.63) is 57.3 Å². The van der Waals surface area contributed by atoms with Crippen LogP contribution in [0, 0.1) is 17.1 Å². The number of nitriles is 1. The predicted octanol–water partition coefficient (Wildman–Crippen LogP) is 4.86. The summed E-state index contributed by atoms with van der Waals surface area (Å²) >= 11 is 9.27. The van der Waals surface area contributed by atoms with Crippen LogP contribution >= 0.6 is 27.5 Å². The lowest BCUT2D eigenvalue weighted by molar-refractivity contribution is 0.628. The molecule has 2 aromatic carbocycles. The monoisotopic (exact) mass is 324 g/mol. The van der Waals surface area contributed by atoms with Gasteiger partial charge in [-0.1, -0.05) is 11.6 Å². The molecule has 0 saturated carbocycles. The average Bonchev–Trinajstić information content (AvgIpc) is 2.34. The van der Waals surface area contributed by atoms with E-state index in [4.69, 9.17) is 16.9 Å². The summed E-state index contributed by atoms with van der Waals surface area (Å²) in [6.07, 6.45) is 0. The molecule has 0 bridgehead atoms.